The summed E-state index contributed by atoms with van der Waals surface area (Å²) in [5.41, 5.74) is 6.38. The first-order valence-electron chi connectivity index (χ1n) is 6.96. The minimum atomic E-state index is 1.21. The number of rotatable bonds is 2. The molecule has 3 aromatic rings. The van der Waals surface area contributed by atoms with Crippen LogP contribution in [0, 0.1) is 6.92 Å². The average Bonchev–Trinajstić information content (AvgIpc) is 2.48. The van der Waals surface area contributed by atoms with Crippen LogP contribution in [0.4, 0.5) is 0 Å². The highest BCUT2D eigenvalue weighted by Crippen LogP contribution is 2.26. The van der Waals surface area contributed by atoms with Crippen LogP contribution in [0.5, 0.6) is 0 Å². The molecule has 104 valence electrons. The van der Waals surface area contributed by atoms with E-state index < -0.39 is 0 Å². The molecule has 0 aliphatic carbocycles. The first-order valence-corrected chi connectivity index (χ1v) is 8.11. The third-order valence-electron chi connectivity index (χ3n) is 3.69. The predicted molar refractivity (Wildman–Crippen MR) is 101 cm³/mol. The lowest BCUT2D eigenvalue weighted by molar-refractivity contribution is 1.47. The zero-order chi connectivity index (χ0) is 14.8. The van der Waals surface area contributed by atoms with E-state index in [1.54, 1.807) is 0 Å². The molecule has 0 radical (unpaired) electrons. The summed E-state index contributed by atoms with van der Waals surface area (Å²) in [5, 5.41) is 2.44. The van der Waals surface area contributed by atoms with E-state index in [0.29, 0.717) is 0 Å². The maximum Gasteiger partial charge on any atom is -0.0154 e. The van der Waals surface area contributed by atoms with Crippen molar-refractivity contribution in [3.8, 4) is 22.3 Å². The van der Waals surface area contributed by atoms with Gasteiger partial charge in [-0.1, -0.05) is 66.7 Å². The minimum Gasteiger partial charge on any atom is -0.106 e. The van der Waals surface area contributed by atoms with Crippen molar-refractivity contribution >= 4 is 29.1 Å². The Balaban J connectivity index is 1.95. The Morgan fingerprint density at radius 1 is 0.571 bits per heavy atom. The van der Waals surface area contributed by atoms with Crippen molar-refractivity contribution in [3.63, 3.8) is 0 Å². The molecule has 0 bridgehead atoms. The average molecular weight is 308 g/mol. The maximum absolute atomic E-state index is 2.75. The molecule has 0 aliphatic rings. The zero-order valence-corrected chi connectivity index (χ0v) is 14.3. The maximum atomic E-state index is 2.75. The van der Waals surface area contributed by atoms with Crippen LogP contribution in [0.1, 0.15) is 5.56 Å². The monoisotopic (exact) mass is 308 g/mol. The van der Waals surface area contributed by atoms with Gasteiger partial charge in [0.15, 0.2) is 0 Å². The molecule has 0 nitrogen and oxygen atoms in total. The van der Waals surface area contributed by atoms with Crippen molar-refractivity contribution in [3.05, 3.63) is 72.3 Å². The summed E-state index contributed by atoms with van der Waals surface area (Å²) in [6.45, 7) is 2.16. The van der Waals surface area contributed by atoms with Crippen LogP contribution in [-0.4, -0.2) is 0 Å². The molecule has 2 atom stereocenters. The SMILES string of the molecule is Cc1cc(P)ccc1-c1ccc(-c2ccc(P)cc2)cc1. The molecule has 3 aromatic carbocycles. The zero-order valence-electron chi connectivity index (χ0n) is 12.0. The Morgan fingerprint density at radius 3 is 1.62 bits per heavy atom. The quantitative estimate of drug-likeness (QED) is 0.618. The minimum absolute atomic E-state index is 1.21. The standard InChI is InChI=1S/C19H18P2/c1-13-12-18(21)10-11-19(13)16-4-2-14(3-5-16)15-6-8-17(20)9-7-15/h2-12H,20-21H2,1H3. The van der Waals surface area contributed by atoms with Crippen molar-refractivity contribution in [1.29, 1.82) is 0 Å². The lowest BCUT2D eigenvalue weighted by atomic mass is 9.98. The summed E-state index contributed by atoms with van der Waals surface area (Å²) in [7, 11) is 5.47. The van der Waals surface area contributed by atoms with Gasteiger partial charge in [0.25, 0.3) is 0 Å². The number of hydrogen-bond acceptors (Lipinski definition) is 0. The Labute approximate surface area is 131 Å². The molecule has 0 amide bonds. The molecule has 0 saturated heterocycles. The predicted octanol–water partition coefficient (Wildman–Crippen LogP) is 4.33. The van der Waals surface area contributed by atoms with Gasteiger partial charge in [0.05, 0.1) is 0 Å². The van der Waals surface area contributed by atoms with Gasteiger partial charge in [0.1, 0.15) is 0 Å². The topological polar surface area (TPSA) is 0 Å². The summed E-state index contributed by atoms with van der Waals surface area (Å²) in [5.74, 6) is 0. The highest BCUT2D eigenvalue weighted by atomic mass is 31.0. The summed E-state index contributed by atoms with van der Waals surface area (Å²) >= 11 is 0. The van der Waals surface area contributed by atoms with Crippen LogP contribution in [0.25, 0.3) is 22.3 Å². The Bertz CT molecular complexity index is 757. The second kappa shape index (κ2) is 6.10. The second-order valence-corrected chi connectivity index (χ2v) is 6.61. The molecule has 21 heavy (non-hydrogen) atoms. The van der Waals surface area contributed by atoms with Crippen molar-refractivity contribution in [2.24, 2.45) is 0 Å². The Kier molecular flexibility index (Phi) is 4.20. The molecule has 0 fully saturated rings. The van der Waals surface area contributed by atoms with Gasteiger partial charge in [-0.3, -0.25) is 0 Å². The molecular weight excluding hydrogens is 290 g/mol. The van der Waals surface area contributed by atoms with Crippen LogP contribution in [0.15, 0.2) is 66.7 Å². The molecule has 0 heterocycles. The van der Waals surface area contributed by atoms with Crippen LogP contribution < -0.4 is 10.6 Å². The van der Waals surface area contributed by atoms with Gasteiger partial charge in [-0.05, 0) is 45.4 Å². The smallest absolute Gasteiger partial charge is 0.0154 e. The summed E-state index contributed by atoms with van der Waals surface area (Å²) in [6, 6.07) is 23.9. The van der Waals surface area contributed by atoms with E-state index in [4.69, 9.17) is 0 Å². The highest BCUT2D eigenvalue weighted by Gasteiger charge is 2.03. The van der Waals surface area contributed by atoms with Crippen molar-refractivity contribution in [2.45, 2.75) is 6.92 Å². The number of hydrogen-bond donors (Lipinski definition) is 0. The molecule has 0 N–H and O–H groups in total. The molecule has 2 heteroatoms. The molecular formula is C19H18P2. The van der Waals surface area contributed by atoms with Gasteiger partial charge in [0.2, 0.25) is 0 Å². The van der Waals surface area contributed by atoms with Gasteiger partial charge in [-0.2, -0.15) is 0 Å². The van der Waals surface area contributed by atoms with E-state index in [1.165, 1.54) is 38.4 Å². The van der Waals surface area contributed by atoms with Crippen LogP contribution in [0.3, 0.4) is 0 Å². The van der Waals surface area contributed by atoms with E-state index in [-0.39, 0.29) is 0 Å². The molecule has 0 saturated carbocycles. The highest BCUT2D eigenvalue weighted by molar-refractivity contribution is 7.27. The van der Waals surface area contributed by atoms with Gasteiger partial charge in [-0.15, -0.1) is 18.5 Å². The summed E-state index contributed by atoms with van der Waals surface area (Å²) in [6.07, 6.45) is 0. The lowest BCUT2D eigenvalue weighted by Gasteiger charge is -2.09. The fourth-order valence-corrected chi connectivity index (χ4v) is 3.07. The molecule has 0 aromatic heterocycles. The van der Waals surface area contributed by atoms with Crippen LogP contribution in [0.2, 0.25) is 0 Å². The van der Waals surface area contributed by atoms with E-state index >= 15 is 0 Å². The van der Waals surface area contributed by atoms with Crippen molar-refractivity contribution in [2.75, 3.05) is 0 Å². The van der Waals surface area contributed by atoms with Gasteiger partial charge in [0, 0.05) is 0 Å². The normalized spacial score (nSPS) is 10.6. The van der Waals surface area contributed by atoms with Crippen molar-refractivity contribution < 1.29 is 0 Å². The summed E-state index contributed by atoms with van der Waals surface area (Å²) in [4.78, 5) is 0. The van der Waals surface area contributed by atoms with Crippen LogP contribution >= 0.6 is 18.5 Å². The Morgan fingerprint density at radius 2 is 1.05 bits per heavy atom. The van der Waals surface area contributed by atoms with Gasteiger partial charge >= 0.3 is 0 Å². The molecule has 0 aliphatic heterocycles. The molecule has 2 unspecified atom stereocenters. The summed E-state index contributed by atoms with van der Waals surface area (Å²) < 4.78 is 0. The van der Waals surface area contributed by atoms with Gasteiger partial charge in [-0.25, -0.2) is 0 Å². The number of aryl methyl sites for hydroxylation is 1. The van der Waals surface area contributed by atoms with E-state index in [2.05, 4.69) is 92.1 Å². The lowest BCUT2D eigenvalue weighted by Crippen LogP contribution is -1.93. The van der Waals surface area contributed by atoms with Crippen molar-refractivity contribution in [1.82, 2.24) is 0 Å². The van der Waals surface area contributed by atoms with E-state index in [1.807, 2.05) is 0 Å². The third-order valence-corrected chi connectivity index (χ3v) is 4.43. The first-order chi connectivity index (χ1) is 10.1. The second-order valence-electron chi connectivity index (χ2n) is 5.27. The van der Waals surface area contributed by atoms with Crippen LogP contribution in [-0.2, 0) is 0 Å². The molecule has 3 rings (SSSR count). The fraction of sp³-hybridized carbons (Fsp3) is 0.0526. The third kappa shape index (κ3) is 3.24. The largest absolute Gasteiger partial charge is 0.106 e. The van der Waals surface area contributed by atoms with Gasteiger partial charge < -0.3 is 0 Å². The molecule has 0 spiro atoms. The first kappa shape index (κ1) is 14.5. The number of benzene rings is 3. The Hall–Kier alpha value is -1.48. The van der Waals surface area contributed by atoms with E-state index in [0.717, 1.165) is 0 Å². The van der Waals surface area contributed by atoms with E-state index in [9.17, 15) is 0 Å². The fourth-order valence-electron chi connectivity index (χ4n) is 2.53.